The zero-order valence-electron chi connectivity index (χ0n) is 11.2. The van der Waals surface area contributed by atoms with Gasteiger partial charge in [-0.05, 0) is 51.5 Å². The molecule has 3 heterocycles. The first-order valence-corrected chi connectivity index (χ1v) is 7.99. The number of hydrogen-bond acceptors (Lipinski definition) is 5. The highest BCUT2D eigenvalue weighted by molar-refractivity contribution is 9.10. The van der Waals surface area contributed by atoms with Crippen LogP contribution in [0.2, 0.25) is 0 Å². The summed E-state index contributed by atoms with van der Waals surface area (Å²) in [7, 11) is 1.33. The molecule has 0 saturated heterocycles. The van der Waals surface area contributed by atoms with E-state index in [0.29, 0.717) is 11.2 Å². The van der Waals surface area contributed by atoms with Gasteiger partial charge in [0.1, 0.15) is 0 Å². The van der Waals surface area contributed by atoms with Crippen molar-refractivity contribution in [1.82, 2.24) is 4.90 Å². The van der Waals surface area contributed by atoms with Crippen molar-refractivity contribution in [3.05, 3.63) is 44.4 Å². The van der Waals surface area contributed by atoms with Crippen molar-refractivity contribution in [2.45, 2.75) is 12.5 Å². The Morgan fingerprint density at radius 1 is 1.43 bits per heavy atom. The summed E-state index contributed by atoms with van der Waals surface area (Å²) in [5.41, 5.74) is 0.845. The van der Waals surface area contributed by atoms with Gasteiger partial charge in [0.25, 0.3) is 5.91 Å². The van der Waals surface area contributed by atoms with Gasteiger partial charge in [0.2, 0.25) is 0 Å². The normalized spacial score (nSPS) is 17.4. The number of ether oxygens (including phenoxy) is 1. The number of nitrogens with zero attached hydrogens (tertiary/aromatic N) is 1. The quantitative estimate of drug-likeness (QED) is 0.763. The lowest BCUT2D eigenvalue weighted by Crippen LogP contribution is -2.43. The number of fused-ring (bicyclic) bond motifs is 1. The number of methoxy groups -OCH3 is 1. The zero-order chi connectivity index (χ0) is 15.0. The highest BCUT2D eigenvalue weighted by Crippen LogP contribution is 2.35. The Morgan fingerprint density at radius 2 is 2.24 bits per heavy atom. The van der Waals surface area contributed by atoms with E-state index in [-0.39, 0.29) is 11.7 Å². The molecule has 0 aromatic carbocycles. The lowest BCUT2D eigenvalue weighted by molar-refractivity contribution is -0.146. The first kappa shape index (κ1) is 14.3. The number of rotatable bonds is 2. The zero-order valence-corrected chi connectivity index (χ0v) is 13.6. The number of furan rings is 1. The third-order valence-corrected chi connectivity index (χ3v) is 4.86. The van der Waals surface area contributed by atoms with E-state index in [1.165, 1.54) is 12.0 Å². The minimum atomic E-state index is -0.707. The molecule has 7 heteroatoms. The lowest BCUT2D eigenvalue weighted by atomic mass is 9.99. The summed E-state index contributed by atoms with van der Waals surface area (Å²) in [6, 6.07) is 4.41. The summed E-state index contributed by atoms with van der Waals surface area (Å²) in [6.07, 6.45) is 0.730. The van der Waals surface area contributed by atoms with Gasteiger partial charge >= 0.3 is 5.97 Å². The van der Waals surface area contributed by atoms with Crippen molar-refractivity contribution < 1.29 is 18.7 Å². The number of halogens is 1. The lowest BCUT2D eigenvalue weighted by Gasteiger charge is -2.33. The Kier molecular flexibility index (Phi) is 3.86. The van der Waals surface area contributed by atoms with Crippen LogP contribution in [0.25, 0.3) is 0 Å². The third-order valence-electron chi connectivity index (χ3n) is 3.44. The number of thiophene rings is 1. The number of hydrogen-bond donors (Lipinski definition) is 0. The Morgan fingerprint density at radius 3 is 2.90 bits per heavy atom. The molecule has 0 aliphatic carbocycles. The van der Waals surface area contributed by atoms with Crippen LogP contribution in [0.4, 0.5) is 0 Å². The number of esters is 1. The van der Waals surface area contributed by atoms with Crippen molar-refractivity contribution >= 4 is 39.1 Å². The van der Waals surface area contributed by atoms with Gasteiger partial charge in [0, 0.05) is 11.4 Å². The highest BCUT2D eigenvalue weighted by atomic mass is 79.9. The molecule has 2 aromatic rings. The van der Waals surface area contributed by atoms with Gasteiger partial charge < -0.3 is 14.1 Å². The van der Waals surface area contributed by atoms with E-state index in [0.717, 1.165) is 16.9 Å². The second-order valence-corrected chi connectivity index (χ2v) is 6.36. The molecule has 0 bridgehead atoms. The predicted octanol–water partition coefficient (Wildman–Crippen LogP) is 3.02. The Hall–Kier alpha value is -1.60. The highest BCUT2D eigenvalue weighted by Gasteiger charge is 2.38. The molecular formula is C14H12BrNO4S. The van der Waals surface area contributed by atoms with Crippen molar-refractivity contribution in [2.24, 2.45) is 0 Å². The minimum absolute atomic E-state index is 0.203. The molecule has 1 atom stereocenters. The van der Waals surface area contributed by atoms with Crippen LogP contribution in [0.5, 0.6) is 0 Å². The number of amides is 1. The van der Waals surface area contributed by atoms with Gasteiger partial charge in [0.15, 0.2) is 16.5 Å². The molecule has 1 unspecified atom stereocenters. The molecule has 1 aliphatic rings. The van der Waals surface area contributed by atoms with Crippen molar-refractivity contribution in [3.63, 3.8) is 0 Å². The van der Waals surface area contributed by atoms with E-state index >= 15 is 0 Å². The van der Waals surface area contributed by atoms with E-state index < -0.39 is 12.0 Å². The Balaban J connectivity index is 1.97. The van der Waals surface area contributed by atoms with Crippen molar-refractivity contribution in [1.29, 1.82) is 0 Å². The van der Waals surface area contributed by atoms with Crippen LogP contribution in [0.1, 0.15) is 27.0 Å². The van der Waals surface area contributed by atoms with Crippen molar-refractivity contribution in [2.75, 3.05) is 13.7 Å². The fraction of sp³-hybridized carbons (Fsp3) is 0.286. The minimum Gasteiger partial charge on any atom is -0.467 e. The van der Waals surface area contributed by atoms with E-state index in [1.54, 1.807) is 23.5 Å². The molecule has 110 valence electrons. The van der Waals surface area contributed by atoms with Crippen LogP contribution in [0.15, 0.2) is 32.7 Å². The van der Waals surface area contributed by atoms with E-state index in [2.05, 4.69) is 15.9 Å². The molecule has 21 heavy (non-hydrogen) atoms. The first-order chi connectivity index (χ1) is 10.1. The maximum Gasteiger partial charge on any atom is 0.333 e. The monoisotopic (exact) mass is 369 g/mol. The summed E-state index contributed by atoms with van der Waals surface area (Å²) in [5.74, 6) is -0.546. The third kappa shape index (κ3) is 2.51. The van der Waals surface area contributed by atoms with Gasteiger partial charge in [-0.2, -0.15) is 0 Å². The second-order valence-electron chi connectivity index (χ2n) is 4.58. The van der Waals surface area contributed by atoms with Gasteiger partial charge in [-0.3, -0.25) is 4.79 Å². The summed E-state index contributed by atoms with van der Waals surface area (Å²) < 4.78 is 10.7. The fourth-order valence-electron chi connectivity index (χ4n) is 2.47. The summed E-state index contributed by atoms with van der Waals surface area (Å²) in [4.78, 5) is 27.3. The van der Waals surface area contributed by atoms with Crippen LogP contribution >= 0.6 is 27.3 Å². The maximum atomic E-state index is 12.6. The van der Waals surface area contributed by atoms with Crippen LogP contribution in [-0.2, 0) is 16.0 Å². The Labute approximate surface area is 133 Å². The van der Waals surface area contributed by atoms with E-state index in [9.17, 15) is 9.59 Å². The predicted molar refractivity (Wildman–Crippen MR) is 80.2 cm³/mol. The molecule has 2 aromatic heterocycles. The number of carbonyl (C=O) groups is 2. The smallest absolute Gasteiger partial charge is 0.333 e. The molecule has 0 spiro atoms. The summed E-state index contributed by atoms with van der Waals surface area (Å²) in [5, 5.41) is 1.93. The van der Waals surface area contributed by atoms with Crippen LogP contribution in [0, 0.1) is 0 Å². The fourth-order valence-corrected chi connectivity index (χ4v) is 3.68. The van der Waals surface area contributed by atoms with Gasteiger partial charge in [-0.25, -0.2) is 4.79 Å². The molecule has 3 rings (SSSR count). The SMILES string of the molecule is COC(=O)C1c2ccsc2CCN1C(=O)c1ccc(Br)o1. The Bertz CT molecular complexity index is 693. The molecule has 0 radical (unpaired) electrons. The second kappa shape index (κ2) is 5.65. The standard InChI is InChI=1S/C14H12BrNO4S/c1-19-14(18)12-8-5-7-21-10(8)4-6-16(12)13(17)9-2-3-11(15)20-9/h2-3,5,7,12H,4,6H2,1H3. The van der Waals surface area contributed by atoms with Crippen LogP contribution in [0.3, 0.4) is 0 Å². The van der Waals surface area contributed by atoms with Gasteiger partial charge in [-0.1, -0.05) is 0 Å². The maximum absolute atomic E-state index is 12.6. The average Bonchev–Trinajstić information content (AvgIpc) is 3.13. The van der Waals surface area contributed by atoms with E-state index in [4.69, 9.17) is 9.15 Å². The topological polar surface area (TPSA) is 59.8 Å². The number of carbonyl (C=O) groups excluding carboxylic acids is 2. The molecule has 5 nitrogen and oxygen atoms in total. The molecule has 1 amide bonds. The van der Waals surface area contributed by atoms with Crippen LogP contribution < -0.4 is 0 Å². The molecule has 1 aliphatic heterocycles. The van der Waals surface area contributed by atoms with Gasteiger partial charge in [0.05, 0.1) is 7.11 Å². The molecule has 0 N–H and O–H groups in total. The molecule has 0 saturated carbocycles. The molecular weight excluding hydrogens is 358 g/mol. The largest absolute Gasteiger partial charge is 0.467 e. The van der Waals surface area contributed by atoms with E-state index in [1.807, 2.05) is 11.4 Å². The first-order valence-electron chi connectivity index (χ1n) is 6.32. The average molecular weight is 370 g/mol. The summed E-state index contributed by atoms with van der Waals surface area (Å²) >= 11 is 4.77. The van der Waals surface area contributed by atoms with Gasteiger partial charge in [-0.15, -0.1) is 11.3 Å². The van der Waals surface area contributed by atoms with Crippen LogP contribution in [-0.4, -0.2) is 30.4 Å². The molecule has 0 fully saturated rings. The summed E-state index contributed by atoms with van der Waals surface area (Å²) in [6.45, 7) is 0.463. The van der Waals surface area contributed by atoms with Crippen molar-refractivity contribution in [3.8, 4) is 0 Å².